The predicted molar refractivity (Wildman–Crippen MR) is 261 cm³/mol. The summed E-state index contributed by atoms with van der Waals surface area (Å²) in [6.45, 7) is 0. The number of anilines is 3. The van der Waals surface area contributed by atoms with E-state index in [1.165, 1.54) is 58.8 Å². The Kier molecular flexibility index (Phi) is 8.39. The van der Waals surface area contributed by atoms with Crippen LogP contribution in [0.3, 0.4) is 0 Å². The van der Waals surface area contributed by atoms with Gasteiger partial charge < -0.3 is 9.32 Å². The molecule has 12 rings (SSSR count). The molecule has 0 saturated heterocycles. The van der Waals surface area contributed by atoms with E-state index in [-0.39, 0.29) is 0 Å². The molecule has 286 valence electrons. The van der Waals surface area contributed by atoms with Crippen molar-refractivity contribution in [3.8, 4) is 44.5 Å². The Bertz CT molecular complexity index is 3590. The van der Waals surface area contributed by atoms with Crippen molar-refractivity contribution < 1.29 is 4.42 Å². The second-order valence-electron chi connectivity index (χ2n) is 15.5. The van der Waals surface area contributed by atoms with Crippen LogP contribution in [0.4, 0.5) is 17.1 Å². The number of hydrogen-bond donors (Lipinski definition) is 0. The Hall–Kier alpha value is -7.72. The molecule has 3 heteroatoms. The lowest BCUT2D eigenvalue weighted by Crippen LogP contribution is -2.12. The summed E-state index contributed by atoms with van der Waals surface area (Å²) in [7, 11) is 0. The first-order valence-electron chi connectivity index (χ1n) is 20.8. The Morgan fingerprint density at radius 1 is 0.311 bits per heavy atom. The van der Waals surface area contributed by atoms with Crippen molar-refractivity contribution in [2.24, 2.45) is 0 Å². The summed E-state index contributed by atoms with van der Waals surface area (Å²) in [5, 5.41) is 7.29. The normalized spacial score (nSPS) is 11.6. The summed E-state index contributed by atoms with van der Waals surface area (Å²) in [4.78, 5) is 2.47. The minimum Gasteiger partial charge on any atom is -0.456 e. The summed E-state index contributed by atoms with van der Waals surface area (Å²) in [6.07, 6.45) is 0. The first-order valence-corrected chi connectivity index (χ1v) is 21.6. The van der Waals surface area contributed by atoms with Crippen LogP contribution < -0.4 is 4.90 Å². The van der Waals surface area contributed by atoms with Crippen molar-refractivity contribution in [1.82, 2.24) is 0 Å². The van der Waals surface area contributed by atoms with Crippen molar-refractivity contribution in [3.05, 3.63) is 224 Å². The molecule has 12 aromatic rings. The number of hydrogen-bond acceptors (Lipinski definition) is 3. The lowest BCUT2D eigenvalue weighted by Gasteiger charge is -2.30. The third-order valence-corrected chi connectivity index (χ3v) is 13.2. The standard InChI is InChI=1S/C58H37NOS/c1-2-16-38(17-3-1)42-24-12-18-40-19-13-26-46(56(40)42)44-20-4-8-28-50(44)59(41-36-34-39(35-37-41)43-25-14-31-53-57(43)48-22-6-10-30-52(48)60-53)51-29-9-5-21-45(51)47-27-15-33-55-58(47)49-23-7-11-32-54(49)61-55/h1-37H. The first kappa shape index (κ1) is 35.2. The summed E-state index contributed by atoms with van der Waals surface area (Å²) in [5.74, 6) is 0. The first-order chi connectivity index (χ1) is 30.3. The maximum absolute atomic E-state index is 6.31. The molecule has 10 aromatic carbocycles. The maximum atomic E-state index is 6.31. The Morgan fingerprint density at radius 2 is 0.820 bits per heavy atom. The number of thiophene rings is 1. The molecule has 2 nitrogen and oxygen atoms in total. The highest BCUT2D eigenvalue weighted by atomic mass is 32.1. The van der Waals surface area contributed by atoms with Gasteiger partial charge in [-0.1, -0.05) is 176 Å². The molecule has 0 bridgehead atoms. The molecular weight excluding hydrogens is 759 g/mol. The van der Waals surface area contributed by atoms with E-state index in [1.54, 1.807) is 0 Å². The molecule has 0 amide bonds. The van der Waals surface area contributed by atoms with E-state index >= 15 is 0 Å². The fourth-order valence-electron chi connectivity index (χ4n) is 9.43. The van der Waals surface area contributed by atoms with E-state index < -0.39 is 0 Å². The number of furan rings is 1. The third kappa shape index (κ3) is 5.85. The molecule has 2 aromatic heterocycles. The number of benzene rings is 10. The molecule has 0 unspecified atom stereocenters. The van der Waals surface area contributed by atoms with Gasteiger partial charge in [0.1, 0.15) is 11.2 Å². The van der Waals surface area contributed by atoms with E-state index in [2.05, 4.69) is 217 Å². The van der Waals surface area contributed by atoms with Gasteiger partial charge in [-0.05, 0) is 92.7 Å². The zero-order valence-corrected chi connectivity index (χ0v) is 33.9. The van der Waals surface area contributed by atoms with Crippen molar-refractivity contribution in [1.29, 1.82) is 0 Å². The number of nitrogens with zero attached hydrogens (tertiary/aromatic N) is 1. The molecule has 0 saturated carbocycles. The highest BCUT2D eigenvalue weighted by Gasteiger charge is 2.24. The fraction of sp³-hybridized carbons (Fsp3) is 0. The predicted octanol–water partition coefficient (Wildman–Crippen LogP) is 17.2. The molecular formula is C58H37NOS. The molecule has 0 N–H and O–H groups in total. The molecule has 0 aliphatic heterocycles. The van der Waals surface area contributed by atoms with Gasteiger partial charge in [0.2, 0.25) is 0 Å². The van der Waals surface area contributed by atoms with Crippen LogP contribution in [0.2, 0.25) is 0 Å². The summed E-state index contributed by atoms with van der Waals surface area (Å²) >= 11 is 1.86. The van der Waals surface area contributed by atoms with E-state index in [0.29, 0.717) is 0 Å². The minimum atomic E-state index is 0.896. The smallest absolute Gasteiger partial charge is 0.136 e. The van der Waals surface area contributed by atoms with Crippen LogP contribution in [0.25, 0.3) is 97.4 Å². The summed E-state index contributed by atoms with van der Waals surface area (Å²) in [6, 6.07) is 81.3. The van der Waals surface area contributed by atoms with Gasteiger partial charge in [-0.25, -0.2) is 0 Å². The van der Waals surface area contributed by atoms with E-state index in [4.69, 9.17) is 4.42 Å². The van der Waals surface area contributed by atoms with Crippen LogP contribution in [0.15, 0.2) is 229 Å². The van der Waals surface area contributed by atoms with Crippen LogP contribution in [-0.2, 0) is 0 Å². The van der Waals surface area contributed by atoms with Crippen LogP contribution in [-0.4, -0.2) is 0 Å². The van der Waals surface area contributed by atoms with Gasteiger partial charge in [0.25, 0.3) is 0 Å². The fourth-order valence-corrected chi connectivity index (χ4v) is 10.6. The molecule has 61 heavy (non-hydrogen) atoms. The van der Waals surface area contributed by atoms with Gasteiger partial charge in [0.15, 0.2) is 0 Å². The van der Waals surface area contributed by atoms with Gasteiger partial charge in [-0.2, -0.15) is 0 Å². The average Bonchev–Trinajstić information content (AvgIpc) is 3.91. The lowest BCUT2D eigenvalue weighted by molar-refractivity contribution is 0.669. The van der Waals surface area contributed by atoms with Crippen LogP contribution in [0.1, 0.15) is 0 Å². The monoisotopic (exact) mass is 795 g/mol. The highest BCUT2D eigenvalue weighted by Crippen LogP contribution is 2.49. The second kappa shape index (κ2) is 14.5. The quantitative estimate of drug-likeness (QED) is 0.160. The van der Waals surface area contributed by atoms with Crippen molar-refractivity contribution in [3.63, 3.8) is 0 Å². The van der Waals surface area contributed by atoms with Gasteiger partial charge in [0, 0.05) is 47.8 Å². The van der Waals surface area contributed by atoms with Crippen LogP contribution in [0.5, 0.6) is 0 Å². The lowest BCUT2D eigenvalue weighted by atomic mass is 9.90. The SMILES string of the molecule is c1ccc(-c2cccc3cccc(-c4ccccc4N(c4ccc(-c5cccc6oc7ccccc7c56)cc4)c4ccccc4-c4cccc5sc6ccccc6c45)c23)cc1. The Balaban J connectivity index is 1.11. The Labute approximate surface area is 357 Å². The molecule has 0 aliphatic rings. The van der Waals surface area contributed by atoms with Gasteiger partial charge in [-0.3, -0.25) is 0 Å². The van der Waals surface area contributed by atoms with Crippen LogP contribution >= 0.6 is 11.3 Å². The number of rotatable bonds is 7. The van der Waals surface area contributed by atoms with Crippen molar-refractivity contribution in [2.75, 3.05) is 4.90 Å². The van der Waals surface area contributed by atoms with E-state index in [0.717, 1.165) is 55.7 Å². The van der Waals surface area contributed by atoms with E-state index in [1.807, 2.05) is 23.5 Å². The topological polar surface area (TPSA) is 16.4 Å². The summed E-state index contributed by atoms with van der Waals surface area (Å²) < 4.78 is 8.90. The van der Waals surface area contributed by atoms with Crippen LogP contribution in [0, 0.1) is 0 Å². The zero-order chi connectivity index (χ0) is 40.3. The van der Waals surface area contributed by atoms with Crippen molar-refractivity contribution >= 4 is 81.3 Å². The average molecular weight is 796 g/mol. The van der Waals surface area contributed by atoms with Gasteiger partial charge in [-0.15, -0.1) is 11.3 Å². The molecule has 0 radical (unpaired) electrons. The van der Waals surface area contributed by atoms with Gasteiger partial charge >= 0.3 is 0 Å². The van der Waals surface area contributed by atoms with Crippen molar-refractivity contribution in [2.45, 2.75) is 0 Å². The maximum Gasteiger partial charge on any atom is 0.136 e. The minimum absolute atomic E-state index is 0.896. The van der Waals surface area contributed by atoms with Gasteiger partial charge in [0.05, 0.1) is 11.4 Å². The highest BCUT2D eigenvalue weighted by molar-refractivity contribution is 7.25. The number of para-hydroxylation sites is 3. The third-order valence-electron chi connectivity index (χ3n) is 12.1. The zero-order valence-electron chi connectivity index (χ0n) is 33.1. The summed E-state index contributed by atoms with van der Waals surface area (Å²) in [5.41, 5.74) is 14.5. The largest absolute Gasteiger partial charge is 0.456 e. The molecule has 0 fully saturated rings. The molecule has 0 atom stereocenters. The number of fused-ring (bicyclic) bond motifs is 7. The molecule has 2 heterocycles. The molecule has 0 spiro atoms. The Morgan fingerprint density at radius 3 is 1.57 bits per heavy atom. The van der Waals surface area contributed by atoms with E-state index in [9.17, 15) is 0 Å². The molecule has 0 aliphatic carbocycles. The second-order valence-corrected chi connectivity index (χ2v) is 16.6.